The van der Waals surface area contributed by atoms with Crippen LogP contribution in [0.15, 0.2) is 28.8 Å². The number of nitrogens with zero attached hydrogens (tertiary/aromatic N) is 6. The second-order valence-corrected chi connectivity index (χ2v) is 7.76. The molecule has 0 saturated carbocycles. The quantitative estimate of drug-likeness (QED) is 0.536. The first-order chi connectivity index (χ1) is 14.1. The van der Waals surface area contributed by atoms with Crippen LogP contribution < -0.4 is 5.32 Å². The molecule has 1 saturated heterocycles. The molecule has 0 bridgehead atoms. The van der Waals surface area contributed by atoms with Gasteiger partial charge in [0.05, 0.1) is 11.6 Å². The summed E-state index contributed by atoms with van der Waals surface area (Å²) in [6, 6.07) is 8.29. The van der Waals surface area contributed by atoms with Gasteiger partial charge in [0.25, 0.3) is 0 Å². The largest absolute Gasteiger partial charge is 0.339 e. The van der Waals surface area contributed by atoms with Gasteiger partial charge in [-0.2, -0.15) is 10.1 Å². The number of piperazine rings is 1. The summed E-state index contributed by atoms with van der Waals surface area (Å²) >= 11 is 0. The zero-order valence-electron chi connectivity index (χ0n) is 17.4. The lowest BCUT2D eigenvalue weighted by molar-refractivity contribution is 0.190. The number of halogens is 1. The monoisotopic (exact) mass is 427 g/mol. The Morgan fingerprint density at radius 1 is 1.17 bits per heavy atom. The Kier molecular flexibility index (Phi) is 5.73. The zero-order valence-corrected chi connectivity index (χ0v) is 18.2. The van der Waals surface area contributed by atoms with Crippen LogP contribution >= 0.6 is 12.4 Å². The molecule has 9 heteroatoms. The Balaban J connectivity index is 0.00000218. The highest BCUT2D eigenvalue weighted by molar-refractivity contribution is 5.92. The van der Waals surface area contributed by atoms with Gasteiger partial charge in [-0.3, -0.25) is 4.90 Å². The first-order valence-corrected chi connectivity index (χ1v) is 10.1. The van der Waals surface area contributed by atoms with Crippen molar-refractivity contribution in [3.63, 3.8) is 0 Å². The summed E-state index contributed by atoms with van der Waals surface area (Å²) in [6.07, 6.45) is 1.48. The van der Waals surface area contributed by atoms with Crippen LogP contribution in [0.4, 0.5) is 0 Å². The summed E-state index contributed by atoms with van der Waals surface area (Å²) in [5, 5.41) is 13.4. The Hall–Kier alpha value is -2.55. The predicted molar refractivity (Wildman–Crippen MR) is 117 cm³/mol. The molecule has 5 rings (SSSR count). The first kappa shape index (κ1) is 20.7. The van der Waals surface area contributed by atoms with E-state index in [4.69, 9.17) is 14.6 Å². The Labute approximate surface area is 181 Å². The van der Waals surface area contributed by atoms with Gasteiger partial charge in [0, 0.05) is 42.8 Å². The standard InChI is InChI=1S/C21H25N7O.ClH/c1-13-15(14(2)28-21(23-13)16-6-4-5-7-17(16)25-28)8-9-19-24-20(26-29-19)18-12-22-10-11-27(18)3;/h4-7,18,22H,8-12H2,1-3H3;1H. The number of rotatable bonds is 4. The molecule has 158 valence electrons. The van der Waals surface area contributed by atoms with Crippen molar-refractivity contribution in [3.05, 3.63) is 52.9 Å². The SMILES string of the molecule is Cc1nc2c3ccccc3nn2c(C)c1CCc1nc(C2CNCCN2C)no1.Cl. The summed E-state index contributed by atoms with van der Waals surface area (Å²) in [5.74, 6) is 1.43. The van der Waals surface area contributed by atoms with Crippen molar-refractivity contribution in [2.24, 2.45) is 0 Å². The van der Waals surface area contributed by atoms with Crippen molar-refractivity contribution in [1.29, 1.82) is 0 Å². The van der Waals surface area contributed by atoms with E-state index in [1.165, 1.54) is 5.56 Å². The summed E-state index contributed by atoms with van der Waals surface area (Å²) in [7, 11) is 2.10. The van der Waals surface area contributed by atoms with Crippen molar-refractivity contribution >= 4 is 29.0 Å². The van der Waals surface area contributed by atoms with Gasteiger partial charge in [-0.15, -0.1) is 12.4 Å². The molecular weight excluding hydrogens is 402 g/mol. The summed E-state index contributed by atoms with van der Waals surface area (Å²) in [4.78, 5) is 11.8. The van der Waals surface area contributed by atoms with Crippen LogP contribution in [0.5, 0.6) is 0 Å². The highest BCUT2D eigenvalue weighted by Gasteiger charge is 2.25. The number of nitrogens with one attached hydrogen (secondary N) is 1. The van der Waals surface area contributed by atoms with E-state index in [1.807, 2.05) is 22.7 Å². The van der Waals surface area contributed by atoms with E-state index in [0.29, 0.717) is 12.3 Å². The third-order valence-corrected chi connectivity index (χ3v) is 5.90. The highest BCUT2D eigenvalue weighted by atomic mass is 35.5. The van der Waals surface area contributed by atoms with Gasteiger partial charge in [0.15, 0.2) is 11.5 Å². The molecule has 30 heavy (non-hydrogen) atoms. The maximum absolute atomic E-state index is 5.54. The smallest absolute Gasteiger partial charge is 0.227 e. The minimum atomic E-state index is 0. The fourth-order valence-corrected chi connectivity index (χ4v) is 4.17. The average molecular weight is 428 g/mol. The molecule has 1 unspecified atom stereocenters. The number of likely N-dealkylation sites (N-methyl/N-ethyl adjacent to an activating group) is 1. The van der Waals surface area contributed by atoms with E-state index in [-0.39, 0.29) is 18.4 Å². The van der Waals surface area contributed by atoms with E-state index in [9.17, 15) is 0 Å². The first-order valence-electron chi connectivity index (χ1n) is 10.1. The van der Waals surface area contributed by atoms with Crippen molar-refractivity contribution in [1.82, 2.24) is 35.0 Å². The summed E-state index contributed by atoms with van der Waals surface area (Å²) in [6.45, 7) is 6.99. The van der Waals surface area contributed by atoms with Gasteiger partial charge in [-0.05, 0) is 45.0 Å². The Morgan fingerprint density at radius 2 is 2.00 bits per heavy atom. The Morgan fingerprint density at radius 3 is 2.83 bits per heavy atom. The minimum Gasteiger partial charge on any atom is -0.339 e. The van der Waals surface area contributed by atoms with Crippen molar-refractivity contribution in [3.8, 4) is 0 Å². The lowest BCUT2D eigenvalue weighted by Crippen LogP contribution is -2.44. The third kappa shape index (κ3) is 3.55. The fraction of sp³-hybridized carbons (Fsp3) is 0.429. The van der Waals surface area contributed by atoms with Crippen molar-refractivity contribution < 1.29 is 4.52 Å². The number of aromatic nitrogens is 5. The number of hydrogen-bond acceptors (Lipinski definition) is 7. The van der Waals surface area contributed by atoms with Gasteiger partial charge in [0.2, 0.25) is 5.89 Å². The second kappa shape index (κ2) is 8.29. The second-order valence-electron chi connectivity index (χ2n) is 7.76. The molecule has 1 N–H and O–H groups in total. The Bertz CT molecular complexity index is 1180. The predicted octanol–water partition coefficient (Wildman–Crippen LogP) is 2.67. The molecule has 0 aliphatic carbocycles. The molecule has 0 spiro atoms. The van der Waals surface area contributed by atoms with Crippen LogP contribution in [0.1, 0.15) is 34.7 Å². The van der Waals surface area contributed by atoms with E-state index in [1.54, 1.807) is 0 Å². The third-order valence-electron chi connectivity index (χ3n) is 5.90. The maximum Gasteiger partial charge on any atom is 0.227 e. The number of fused-ring (bicyclic) bond motifs is 3. The van der Waals surface area contributed by atoms with Gasteiger partial charge in [-0.25, -0.2) is 9.50 Å². The van der Waals surface area contributed by atoms with Crippen LogP contribution in [0.3, 0.4) is 0 Å². The summed E-state index contributed by atoms with van der Waals surface area (Å²) in [5.41, 5.74) is 5.19. The lowest BCUT2D eigenvalue weighted by atomic mass is 10.1. The molecule has 4 heterocycles. The van der Waals surface area contributed by atoms with Crippen molar-refractivity contribution in [2.45, 2.75) is 32.7 Å². The van der Waals surface area contributed by atoms with E-state index in [2.05, 4.69) is 47.3 Å². The molecule has 8 nitrogen and oxygen atoms in total. The maximum atomic E-state index is 5.54. The van der Waals surface area contributed by atoms with Crippen LogP contribution in [-0.2, 0) is 12.8 Å². The van der Waals surface area contributed by atoms with Crippen LogP contribution in [-0.4, -0.2) is 56.3 Å². The molecular formula is C21H26ClN7O. The van der Waals surface area contributed by atoms with Crippen LogP contribution in [0, 0.1) is 13.8 Å². The van der Waals surface area contributed by atoms with Crippen molar-refractivity contribution in [2.75, 3.05) is 26.7 Å². The normalized spacial score (nSPS) is 17.5. The lowest BCUT2D eigenvalue weighted by Gasteiger charge is -2.30. The molecule has 1 aromatic carbocycles. The molecule has 4 aromatic rings. The van der Waals surface area contributed by atoms with E-state index < -0.39 is 0 Å². The highest BCUT2D eigenvalue weighted by Crippen LogP contribution is 2.23. The van der Waals surface area contributed by atoms with Gasteiger partial charge in [0.1, 0.15) is 0 Å². The molecule has 0 radical (unpaired) electrons. The molecule has 1 aliphatic heterocycles. The average Bonchev–Trinajstić information content (AvgIpc) is 3.33. The molecule has 3 aromatic heterocycles. The van der Waals surface area contributed by atoms with Gasteiger partial charge in [-0.1, -0.05) is 17.3 Å². The molecule has 0 amide bonds. The molecule has 1 aliphatic rings. The number of benzene rings is 1. The minimum absolute atomic E-state index is 0. The van der Waals surface area contributed by atoms with Gasteiger partial charge < -0.3 is 9.84 Å². The fourth-order valence-electron chi connectivity index (χ4n) is 4.17. The zero-order chi connectivity index (χ0) is 20.0. The molecule has 1 fully saturated rings. The van der Waals surface area contributed by atoms with Crippen LogP contribution in [0.25, 0.3) is 16.6 Å². The van der Waals surface area contributed by atoms with E-state index >= 15 is 0 Å². The topological polar surface area (TPSA) is 84.4 Å². The van der Waals surface area contributed by atoms with Gasteiger partial charge >= 0.3 is 0 Å². The molecule has 1 atom stereocenters. The number of hydrogen-bond donors (Lipinski definition) is 1. The summed E-state index contributed by atoms with van der Waals surface area (Å²) < 4.78 is 7.50. The number of aryl methyl sites for hydroxylation is 3. The van der Waals surface area contributed by atoms with Crippen LogP contribution in [0.2, 0.25) is 0 Å². The van der Waals surface area contributed by atoms with E-state index in [0.717, 1.165) is 59.8 Å².